The minimum Gasteiger partial charge on any atom is -0.405 e. The predicted octanol–water partition coefficient (Wildman–Crippen LogP) is 4.27. The molecule has 0 saturated carbocycles. The number of ether oxygens (including phenoxy) is 2. The fraction of sp³-hybridized carbons (Fsp3) is 0.417. The summed E-state index contributed by atoms with van der Waals surface area (Å²) >= 11 is 0. The number of hydrogen-bond donors (Lipinski definition) is 0. The van der Waals surface area contributed by atoms with Crippen molar-refractivity contribution in [2.45, 2.75) is 57.7 Å². The van der Waals surface area contributed by atoms with E-state index in [4.69, 9.17) is 13.9 Å². The molecule has 1 saturated heterocycles. The van der Waals surface area contributed by atoms with Gasteiger partial charge in [-0.05, 0) is 29.3 Å². The lowest BCUT2D eigenvalue weighted by Crippen LogP contribution is -2.67. The molecular formula is C24H32O3Si. The molecule has 0 spiro atoms. The van der Waals surface area contributed by atoms with Crippen LogP contribution in [0.1, 0.15) is 34.6 Å². The van der Waals surface area contributed by atoms with E-state index in [0.29, 0.717) is 6.61 Å². The maximum atomic E-state index is 6.96. The third kappa shape index (κ3) is 4.01. The molecule has 0 N–H and O–H groups in total. The standard InChI is InChI=1S/C24H32O3Si/c1-7-21-22(27-24(5,6)26-21)18-25-28(23(2,3)4,19-14-10-8-11-15-19)20-16-12-9-13-17-20/h7-17,21-22H,1,18H2,2-6H3/t21-,22+/m0/s1. The SMILES string of the molecule is C=C[C@@H]1OC(C)(C)O[C@@H]1CO[Si](c1ccccc1)(c1ccccc1)C(C)(C)C. The largest absolute Gasteiger partial charge is 0.405 e. The summed E-state index contributed by atoms with van der Waals surface area (Å²) in [4.78, 5) is 0. The maximum absolute atomic E-state index is 6.96. The lowest BCUT2D eigenvalue weighted by Gasteiger charge is -2.43. The molecule has 3 rings (SSSR count). The second-order valence-corrected chi connectivity index (χ2v) is 13.2. The molecule has 1 aliphatic rings. The van der Waals surface area contributed by atoms with Crippen LogP contribution in [0.3, 0.4) is 0 Å². The van der Waals surface area contributed by atoms with E-state index in [0.717, 1.165) is 0 Å². The van der Waals surface area contributed by atoms with Crippen LogP contribution in [-0.4, -0.2) is 32.9 Å². The molecule has 4 heteroatoms. The van der Waals surface area contributed by atoms with Crippen LogP contribution in [-0.2, 0) is 13.9 Å². The monoisotopic (exact) mass is 396 g/mol. The first kappa shape index (κ1) is 21.0. The van der Waals surface area contributed by atoms with Crippen molar-refractivity contribution in [1.29, 1.82) is 0 Å². The third-order valence-electron chi connectivity index (χ3n) is 5.33. The van der Waals surface area contributed by atoms with E-state index in [1.807, 2.05) is 19.9 Å². The Labute approximate surface area is 170 Å². The summed E-state index contributed by atoms with van der Waals surface area (Å²) in [6.45, 7) is 15.1. The zero-order valence-corrected chi connectivity index (χ0v) is 18.6. The summed E-state index contributed by atoms with van der Waals surface area (Å²) in [6, 6.07) is 21.3. The first-order valence-corrected chi connectivity index (χ1v) is 11.8. The fourth-order valence-electron chi connectivity index (χ4n) is 4.16. The molecule has 2 atom stereocenters. The minimum atomic E-state index is -2.58. The lowest BCUT2D eigenvalue weighted by molar-refractivity contribution is -0.145. The van der Waals surface area contributed by atoms with E-state index in [2.05, 4.69) is 88.0 Å². The molecule has 2 aromatic carbocycles. The molecule has 0 unspecified atom stereocenters. The normalized spacial score (nSPS) is 22.2. The smallest absolute Gasteiger partial charge is 0.261 e. The summed E-state index contributed by atoms with van der Waals surface area (Å²) in [5.41, 5.74) is 0. The van der Waals surface area contributed by atoms with Gasteiger partial charge in [0.25, 0.3) is 8.32 Å². The van der Waals surface area contributed by atoms with Gasteiger partial charge >= 0.3 is 0 Å². The van der Waals surface area contributed by atoms with Crippen LogP contribution in [0.2, 0.25) is 5.04 Å². The molecule has 1 aliphatic heterocycles. The summed E-state index contributed by atoms with van der Waals surface area (Å²) < 4.78 is 19.1. The second-order valence-electron chi connectivity index (χ2n) is 8.85. The lowest BCUT2D eigenvalue weighted by atomic mass is 10.2. The van der Waals surface area contributed by atoms with Crippen LogP contribution >= 0.6 is 0 Å². The van der Waals surface area contributed by atoms with Crippen LogP contribution in [0.5, 0.6) is 0 Å². The first-order chi connectivity index (χ1) is 13.2. The zero-order chi connectivity index (χ0) is 20.4. The van der Waals surface area contributed by atoms with E-state index >= 15 is 0 Å². The third-order valence-corrected chi connectivity index (χ3v) is 10.3. The summed E-state index contributed by atoms with van der Waals surface area (Å²) in [5, 5.41) is 2.47. The Bertz CT molecular complexity index is 741. The highest BCUT2D eigenvalue weighted by molar-refractivity contribution is 6.99. The van der Waals surface area contributed by atoms with Gasteiger partial charge in [-0.2, -0.15) is 0 Å². The zero-order valence-electron chi connectivity index (χ0n) is 17.6. The minimum absolute atomic E-state index is 0.0611. The van der Waals surface area contributed by atoms with E-state index in [1.165, 1.54) is 10.4 Å². The fourth-order valence-corrected chi connectivity index (χ4v) is 8.73. The van der Waals surface area contributed by atoms with Crippen molar-refractivity contribution in [2.24, 2.45) is 0 Å². The number of hydrogen-bond acceptors (Lipinski definition) is 3. The summed E-state index contributed by atoms with van der Waals surface area (Å²) in [7, 11) is -2.58. The molecule has 3 nitrogen and oxygen atoms in total. The van der Waals surface area contributed by atoms with Crippen molar-refractivity contribution < 1.29 is 13.9 Å². The van der Waals surface area contributed by atoms with Crippen molar-refractivity contribution in [1.82, 2.24) is 0 Å². The van der Waals surface area contributed by atoms with Gasteiger partial charge in [0.05, 0.1) is 6.61 Å². The van der Waals surface area contributed by atoms with Gasteiger partial charge in [0.1, 0.15) is 12.2 Å². The van der Waals surface area contributed by atoms with Crippen LogP contribution in [0.25, 0.3) is 0 Å². The number of benzene rings is 2. The van der Waals surface area contributed by atoms with Crippen molar-refractivity contribution in [3.63, 3.8) is 0 Å². The Morgan fingerprint density at radius 1 is 0.964 bits per heavy atom. The van der Waals surface area contributed by atoms with E-state index in [-0.39, 0.29) is 17.2 Å². The van der Waals surface area contributed by atoms with Gasteiger partial charge in [0.15, 0.2) is 5.79 Å². The van der Waals surface area contributed by atoms with Crippen LogP contribution in [0.4, 0.5) is 0 Å². The van der Waals surface area contributed by atoms with E-state index < -0.39 is 14.1 Å². The topological polar surface area (TPSA) is 27.7 Å². The molecule has 0 aromatic heterocycles. The van der Waals surface area contributed by atoms with Gasteiger partial charge in [-0.3, -0.25) is 0 Å². The van der Waals surface area contributed by atoms with Crippen LogP contribution < -0.4 is 10.4 Å². The average Bonchev–Trinajstić information content (AvgIpc) is 2.97. The summed E-state index contributed by atoms with van der Waals surface area (Å²) in [5.74, 6) is -0.627. The molecule has 28 heavy (non-hydrogen) atoms. The highest BCUT2D eigenvalue weighted by Gasteiger charge is 2.51. The molecule has 150 valence electrons. The van der Waals surface area contributed by atoms with Crippen molar-refractivity contribution in [3.8, 4) is 0 Å². The Morgan fingerprint density at radius 3 is 1.89 bits per heavy atom. The molecule has 1 fully saturated rings. The predicted molar refractivity (Wildman–Crippen MR) is 118 cm³/mol. The molecule has 0 amide bonds. The highest BCUT2D eigenvalue weighted by Crippen LogP contribution is 2.38. The van der Waals surface area contributed by atoms with Crippen LogP contribution in [0, 0.1) is 0 Å². The van der Waals surface area contributed by atoms with Gasteiger partial charge in [0.2, 0.25) is 0 Å². The van der Waals surface area contributed by atoms with Gasteiger partial charge in [-0.15, -0.1) is 6.58 Å². The molecule has 2 aromatic rings. The first-order valence-electron chi connectivity index (χ1n) is 9.93. The molecule has 0 aliphatic carbocycles. The van der Waals surface area contributed by atoms with E-state index in [1.54, 1.807) is 0 Å². The average molecular weight is 397 g/mol. The van der Waals surface area contributed by atoms with Crippen molar-refractivity contribution in [3.05, 3.63) is 73.3 Å². The van der Waals surface area contributed by atoms with Gasteiger partial charge in [-0.1, -0.05) is 87.5 Å². The molecular weight excluding hydrogens is 364 g/mol. The van der Waals surface area contributed by atoms with Crippen LogP contribution in [0.15, 0.2) is 73.3 Å². The Hall–Kier alpha value is -1.72. The van der Waals surface area contributed by atoms with E-state index in [9.17, 15) is 0 Å². The highest BCUT2D eigenvalue weighted by atomic mass is 28.4. The van der Waals surface area contributed by atoms with Gasteiger partial charge in [-0.25, -0.2) is 0 Å². The second kappa shape index (κ2) is 7.95. The van der Waals surface area contributed by atoms with Crippen molar-refractivity contribution in [2.75, 3.05) is 6.61 Å². The Balaban J connectivity index is 2.03. The Morgan fingerprint density at radius 2 is 1.46 bits per heavy atom. The maximum Gasteiger partial charge on any atom is 0.261 e. The van der Waals surface area contributed by atoms with Gasteiger partial charge in [0, 0.05) is 0 Å². The summed E-state index contributed by atoms with van der Waals surface area (Å²) in [6.07, 6.45) is 1.47. The quantitative estimate of drug-likeness (QED) is 0.539. The molecule has 0 radical (unpaired) electrons. The Kier molecular flexibility index (Phi) is 5.96. The molecule has 1 heterocycles. The molecule has 0 bridgehead atoms. The van der Waals surface area contributed by atoms with Crippen molar-refractivity contribution >= 4 is 18.7 Å². The number of rotatable bonds is 6. The van der Waals surface area contributed by atoms with Gasteiger partial charge < -0.3 is 13.9 Å².